The summed E-state index contributed by atoms with van der Waals surface area (Å²) in [7, 11) is 1.54. The lowest BCUT2D eigenvalue weighted by atomic mass is 9.82. The summed E-state index contributed by atoms with van der Waals surface area (Å²) in [5.74, 6) is -1.08. The molecule has 0 radical (unpaired) electrons. The Morgan fingerprint density at radius 3 is 2.50 bits per heavy atom. The SMILES string of the molecule is CCC(CC)(CNc1ccnc(C(=O)NC)c1)C(=O)O. The van der Waals surface area contributed by atoms with Crippen LogP contribution in [0.1, 0.15) is 37.2 Å². The van der Waals surface area contributed by atoms with E-state index in [1.165, 1.54) is 13.2 Å². The highest BCUT2D eigenvalue weighted by molar-refractivity contribution is 5.92. The van der Waals surface area contributed by atoms with Crippen LogP contribution in [0.4, 0.5) is 5.69 Å². The third-order valence-corrected chi connectivity index (χ3v) is 3.66. The molecule has 0 unspecified atom stereocenters. The van der Waals surface area contributed by atoms with Crippen molar-refractivity contribution in [3.63, 3.8) is 0 Å². The fourth-order valence-electron chi connectivity index (χ4n) is 1.94. The number of carboxylic acids is 1. The Labute approximate surface area is 118 Å². The molecule has 1 amide bonds. The normalized spacial score (nSPS) is 10.9. The molecule has 0 bridgehead atoms. The molecule has 1 heterocycles. The van der Waals surface area contributed by atoms with Crippen LogP contribution >= 0.6 is 0 Å². The fraction of sp³-hybridized carbons (Fsp3) is 0.500. The van der Waals surface area contributed by atoms with Gasteiger partial charge in [-0.1, -0.05) is 13.8 Å². The van der Waals surface area contributed by atoms with E-state index in [1.807, 2.05) is 13.8 Å². The van der Waals surface area contributed by atoms with Gasteiger partial charge in [-0.3, -0.25) is 14.6 Å². The Bertz CT molecular complexity index is 484. The highest BCUT2D eigenvalue weighted by Crippen LogP contribution is 2.27. The predicted molar refractivity (Wildman–Crippen MR) is 76.8 cm³/mol. The van der Waals surface area contributed by atoms with Crippen molar-refractivity contribution in [1.82, 2.24) is 10.3 Å². The van der Waals surface area contributed by atoms with Gasteiger partial charge >= 0.3 is 5.97 Å². The summed E-state index contributed by atoms with van der Waals surface area (Å²) in [6.07, 6.45) is 2.60. The van der Waals surface area contributed by atoms with E-state index >= 15 is 0 Å². The zero-order valence-electron chi connectivity index (χ0n) is 12.1. The third-order valence-electron chi connectivity index (χ3n) is 3.66. The zero-order valence-corrected chi connectivity index (χ0v) is 12.1. The van der Waals surface area contributed by atoms with E-state index in [4.69, 9.17) is 0 Å². The Balaban J connectivity index is 2.83. The first-order valence-electron chi connectivity index (χ1n) is 6.64. The van der Waals surface area contributed by atoms with E-state index in [9.17, 15) is 14.7 Å². The van der Waals surface area contributed by atoms with Crippen LogP contribution in [0.25, 0.3) is 0 Å². The lowest BCUT2D eigenvalue weighted by molar-refractivity contribution is -0.148. The number of carbonyl (C=O) groups is 2. The summed E-state index contributed by atoms with van der Waals surface area (Å²) < 4.78 is 0. The van der Waals surface area contributed by atoms with Crippen molar-refractivity contribution in [3.8, 4) is 0 Å². The van der Waals surface area contributed by atoms with Gasteiger partial charge in [0.05, 0.1) is 5.41 Å². The molecule has 6 nitrogen and oxygen atoms in total. The lowest BCUT2D eigenvalue weighted by Crippen LogP contribution is -2.36. The molecule has 0 aliphatic carbocycles. The highest BCUT2D eigenvalue weighted by Gasteiger charge is 2.34. The van der Waals surface area contributed by atoms with Crippen LogP contribution in [0.3, 0.4) is 0 Å². The van der Waals surface area contributed by atoms with Gasteiger partial charge in [-0.15, -0.1) is 0 Å². The average Bonchev–Trinajstić information content (AvgIpc) is 2.48. The highest BCUT2D eigenvalue weighted by atomic mass is 16.4. The van der Waals surface area contributed by atoms with Crippen molar-refractivity contribution >= 4 is 17.6 Å². The molecule has 0 fully saturated rings. The van der Waals surface area contributed by atoms with Crippen molar-refractivity contribution in [1.29, 1.82) is 0 Å². The van der Waals surface area contributed by atoms with Gasteiger partial charge in [0.2, 0.25) is 0 Å². The Morgan fingerprint density at radius 2 is 2.00 bits per heavy atom. The van der Waals surface area contributed by atoms with E-state index in [1.54, 1.807) is 12.1 Å². The number of rotatable bonds is 7. The molecule has 6 heteroatoms. The molecular weight excluding hydrogens is 258 g/mol. The summed E-state index contributed by atoms with van der Waals surface area (Å²) in [6, 6.07) is 3.32. The maximum atomic E-state index is 11.5. The van der Waals surface area contributed by atoms with Crippen LogP contribution in [0.2, 0.25) is 0 Å². The van der Waals surface area contributed by atoms with E-state index in [0.29, 0.717) is 30.8 Å². The minimum absolute atomic E-state index is 0.274. The zero-order chi connectivity index (χ0) is 15.2. The quantitative estimate of drug-likeness (QED) is 0.707. The van der Waals surface area contributed by atoms with Crippen LogP contribution in [-0.2, 0) is 4.79 Å². The summed E-state index contributed by atoms with van der Waals surface area (Å²) in [4.78, 5) is 26.9. The topological polar surface area (TPSA) is 91.3 Å². The number of hydrogen-bond acceptors (Lipinski definition) is 4. The van der Waals surface area contributed by atoms with Crippen molar-refractivity contribution in [2.75, 3.05) is 18.9 Å². The minimum Gasteiger partial charge on any atom is -0.481 e. The van der Waals surface area contributed by atoms with Crippen LogP contribution in [0, 0.1) is 5.41 Å². The van der Waals surface area contributed by atoms with Crippen LogP contribution in [0.15, 0.2) is 18.3 Å². The summed E-state index contributed by atoms with van der Waals surface area (Å²) in [5, 5.41) is 15.0. The van der Waals surface area contributed by atoms with Crippen LogP contribution in [-0.4, -0.2) is 35.6 Å². The molecule has 0 atom stereocenters. The number of carboxylic acid groups (broad SMARTS) is 1. The summed E-state index contributed by atoms with van der Waals surface area (Å²) in [5.41, 5.74) is 0.189. The number of anilines is 1. The van der Waals surface area contributed by atoms with Gasteiger partial charge in [0.15, 0.2) is 0 Å². The molecule has 1 aromatic rings. The summed E-state index contributed by atoms with van der Waals surface area (Å²) >= 11 is 0. The van der Waals surface area contributed by atoms with Gasteiger partial charge in [-0.05, 0) is 25.0 Å². The minimum atomic E-state index is -0.810. The number of nitrogens with zero attached hydrogens (tertiary/aromatic N) is 1. The number of amides is 1. The maximum Gasteiger partial charge on any atom is 0.311 e. The molecule has 0 spiro atoms. The second-order valence-corrected chi connectivity index (χ2v) is 4.66. The molecular formula is C14H21N3O3. The number of aromatic nitrogens is 1. The van der Waals surface area contributed by atoms with Crippen molar-refractivity contribution in [2.45, 2.75) is 26.7 Å². The standard InChI is InChI=1S/C14H21N3O3/c1-4-14(5-2,13(19)20)9-17-10-6-7-16-11(8-10)12(18)15-3/h6-8H,4-5,9H2,1-3H3,(H,15,18)(H,16,17)(H,19,20). The average molecular weight is 279 g/mol. The molecule has 0 saturated carbocycles. The Hall–Kier alpha value is -2.11. The molecule has 0 saturated heterocycles. The van der Waals surface area contributed by atoms with Crippen molar-refractivity contribution in [2.24, 2.45) is 5.41 Å². The van der Waals surface area contributed by atoms with Gasteiger partial charge in [0.1, 0.15) is 5.69 Å². The number of nitrogens with one attached hydrogen (secondary N) is 2. The van der Waals surface area contributed by atoms with Crippen molar-refractivity contribution in [3.05, 3.63) is 24.0 Å². The number of aliphatic carboxylic acids is 1. The molecule has 0 aliphatic rings. The van der Waals surface area contributed by atoms with Crippen molar-refractivity contribution < 1.29 is 14.7 Å². The maximum absolute atomic E-state index is 11.5. The molecule has 0 aliphatic heterocycles. The Morgan fingerprint density at radius 1 is 1.35 bits per heavy atom. The van der Waals surface area contributed by atoms with E-state index < -0.39 is 11.4 Å². The third kappa shape index (κ3) is 3.46. The van der Waals surface area contributed by atoms with E-state index in [2.05, 4.69) is 15.6 Å². The van der Waals surface area contributed by atoms with E-state index in [-0.39, 0.29) is 5.91 Å². The molecule has 0 aromatic carbocycles. The largest absolute Gasteiger partial charge is 0.481 e. The monoisotopic (exact) mass is 279 g/mol. The molecule has 110 valence electrons. The van der Waals surface area contributed by atoms with Crippen LogP contribution in [0.5, 0.6) is 0 Å². The van der Waals surface area contributed by atoms with Gasteiger partial charge in [-0.25, -0.2) is 0 Å². The first kappa shape index (κ1) is 15.9. The molecule has 3 N–H and O–H groups in total. The molecule has 1 rings (SSSR count). The number of carbonyl (C=O) groups excluding carboxylic acids is 1. The first-order chi connectivity index (χ1) is 9.49. The van der Waals surface area contributed by atoms with Gasteiger partial charge in [0.25, 0.3) is 5.91 Å². The number of pyridine rings is 1. The Kier molecular flexibility index (Phi) is 5.49. The van der Waals surface area contributed by atoms with Gasteiger partial charge < -0.3 is 15.7 Å². The lowest BCUT2D eigenvalue weighted by Gasteiger charge is -2.27. The molecule has 1 aromatic heterocycles. The fourth-order valence-corrected chi connectivity index (χ4v) is 1.94. The first-order valence-corrected chi connectivity index (χ1v) is 6.64. The van der Waals surface area contributed by atoms with Gasteiger partial charge in [0, 0.05) is 25.5 Å². The molecule has 20 heavy (non-hydrogen) atoms. The van der Waals surface area contributed by atoms with Crippen LogP contribution < -0.4 is 10.6 Å². The van der Waals surface area contributed by atoms with Gasteiger partial charge in [-0.2, -0.15) is 0 Å². The number of hydrogen-bond donors (Lipinski definition) is 3. The summed E-state index contributed by atoms with van der Waals surface area (Å²) in [6.45, 7) is 4.04. The van der Waals surface area contributed by atoms with E-state index in [0.717, 1.165) is 0 Å². The smallest absolute Gasteiger partial charge is 0.311 e. The predicted octanol–water partition coefficient (Wildman–Crippen LogP) is 1.74. The second kappa shape index (κ2) is 6.88. The second-order valence-electron chi connectivity index (χ2n) is 4.66.